The molecule has 38 heavy (non-hydrogen) atoms. The third-order valence-corrected chi connectivity index (χ3v) is 8.53. The van der Waals surface area contributed by atoms with Crippen molar-refractivity contribution in [3.8, 4) is 0 Å². The Labute approximate surface area is 225 Å². The summed E-state index contributed by atoms with van der Waals surface area (Å²) in [4.78, 5) is 28.1. The summed E-state index contributed by atoms with van der Waals surface area (Å²) >= 11 is 1.35. The van der Waals surface area contributed by atoms with Crippen LogP contribution in [0, 0.1) is 27.8 Å². The minimum absolute atomic E-state index is 0.0131. The number of hydrogen-bond acceptors (Lipinski definition) is 7. The zero-order valence-corrected chi connectivity index (χ0v) is 22.0. The average molecular weight is 538 g/mol. The molecule has 0 bridgehead atoms. The Bertz CT molecular complexity index is 1320. The van der Waals surface area contributed by atoms with Gasteiger partial charge >= 0.3 is 0 Å². The lowest BCUT2D eigenvalue weighted by atomic mass is 9.78. The number of nitro groups is 1. The van der Waals surface area contributed by atoms with Crippen LogP contribution in [-0.2, 0) is 4.79 Å². The van der Waals surface area contributed by atoms with Gasteiger partial charge in [-0.3, -0.25) is 19.8 Å². The molecule has 1 aliphatic heterocycles. The minimum atomic E-state index is -0.440. The van der Waals surface area contributed by atoms with Crippen molar-refractivity contribution in [2.75, 3.05) is 44.2 Å². The van der Waals surface area contributed by atoms with Crippen molar-refractivity contribution in [3.05, 3.63) is 70.0 Å². The average Bonchev–Trinajstić information content (AvgIpc) is 3.35. The molecular formula is C28H32FN5O3S. The Balaban J connectivity index is 1.12. The molecule has 0 spiro atoms. The lowest BCUT2D eigenvalue weighted by molar-refractivity contribution is -0.385. The molecule has 3 aromatic rings. The van der Waals surface area contributed by atoms with Gasteiger partial charge in [-0.2, -0.15) is 4.37 Å². The molecule has 1 saturated heterocycles. The standard InChI is InChI=1S/C28H32FN5O3S/c29-23-10-11-24-26(17-23)38-31-28(24)33-15-13-32(14-16-33)19-22-7-2-1-6-21(22)18-30-27(35)12-9-20-5-3-4-8-25(20)34(36)37/h3-5,8-12,17,21-22H,1-2,6-7,13-16,18-19H2,(H,30,35)/b12-9+/t21-,22-/m0/s1. The summed E-state index contributed by atoms with van der Waals surface area (Å²) in [7, 11) is 0. The number of aromatic nitrogens is 1. The predicted octanol–water partition coefficient (Wildman–Crippen LogP) is 5.10. The molecule has 2 heterocycles. The third-order valence-electron chi connectivity index (χ3n) is 7.73. The van der Waals surface area contributed by atoms with Crippen LogP contribution in [0.15, 0.2) is 48.5 Å². The lowest BCUT2D eigenvalue weighted by Gasteiger charge is -2.40. The van der Waals surface area contributed by atoms with Crippen molar-refractivity contribution >= 4 is 45.1 Å². The fourth-order valence-corrected chi connectivity index (χ4v) is 6.47. The molecule has 2 aliphatic rings. The Hall–Kier alpha value is -3.37. The van der Waals surface area contributed by atoms with Crippen LogP contribution >= 0.6 is 11.5 Å². The first-order valence-electron chi connectivity index (χ1n) is 13.2. The van der Waals surface area contributed by atoms with Gasteiger partial charge in [0.1, 0.15) is 11.6 Å². The molecular weight excluding hydrogens is 505 g/mol. The summed E-state index contributed by atoms with van der Waals surface area (Å²) in [5.41, 5.74) is 0.404. The largest absolute Gasteiger partial charge is 0.353 e. The van der Waals surface area contributed by atoms with Gasteiger partial charge in [0.2, 0.25) is 5.91 Å². The van der Waals surface area contributed by atoms with Gasteiger partial charge in [0, 0.05) is 56.8 Å². The van der Waals surface area contributed by atoms with E-state index in [0.717, 1.165) is 61.5 Å². The lowest BCUT2D eigenvalue weighted by Crippen LogP contribution is -2.49. The summed E-state index contributed by atoms with van der Waals surface area (Å²) in [5, 5.41) is 15.2. The first-order chi connectivity index (χ1) is 18.5. The SMILES string of the molecule is O=C(/C=C/c1ccccc1[N+](=O)[O-])NC[C@@H]1CCCC[C@H]1CN1CCN(c2nsc3cc(F)ccc23)CC1. The number of anilines is 1. The number of nitrogens with zero attached hydrogens (tertiary/aromatic N) is 4. The molecule has 0 unspecified atom stereocenters. The molecule has 1 aromatic heterocycles. The number of fused-ring (bicyclic) bond motifs is 1. The highest BCUT2D eigenvalue weighted by atomic mass is 32.1. The van der Waals surface area contributed by atoms with Crippen LogP contribution in [-0.4, -0.2) is 59.4 Å². The Morgan fingerprint density at radius 1 is 1.13 bits per heavy atom. The van der Waals surface area contributed by atoms with Gasteiger partial charge in [0.25, 0.3) is 5.69 Å². The third kappa shape index (κ3) is 6.19. The van der Waals surface area contributed by atoms with E-state index in [1.54, 1.807) is 24.3 Å². The van der Waals surface area contributed by atoms with E-state index in [1.165, 1.54) is 48.7 Å². The number of halogens is 1. The maximum absolute atomic E-state index is 13.6. The van der Waals surface area contributed by atoms with E-state index < -0.39 is 4.92 Å². The normalized spacial score (nSPS) is 20.7. The zero-order chi connectivity index (χ0) is 26.5. The van der Waals surface area contributed by atoms with Crippen LogP contribution in [0.5, 0.6) is 0 Å². The summed E-state index contributed by atoms with van der Waals surface area (Å²) in [6.45, 7) is 5.32. The number of piperazine rings is 1. The molecule has 10 heteroatoms. The maximum Gasteiger partial charge on any atom is 0.276 e. The maximum atomic E-state index is 13.6. The van der Waals surface area contributed by atoms with Gasteiger partial charge in [-0.05, 0) is 66.6 Å². The van der Waals surface area contributed by atoms with E-state index >= 15 is 0 Å². The van der Waals surface area contributed by atoms with Gasteiger partial charge in [-0.1, -0.05) is 25.0 Å². The Kier molecular flexibility index (Phi) is 8.29. The van der Waals surface area contributed by atoms with Crippen LogP contribution in [0.4, 0.5) is 15.9 Å². The molecule has 1 saturated carbocycles. The molecule has 8 nitrogen and oxygen atoms in total. The van der Waals surface area contributed by atoms with Crippen LogP contribution in [0.2, 0.25) is 0 Å². The number of rotatable bonds is 8. The highest BCUT2D eigenvalue weighted by Crippen LogP contribution is 2.33. The van der Waals surface area contributed by atoms with E-state index in [2.05, 4.69) is 19.5 Å². The van der Waals surface area contributed by atoms with E-state index in [9.17, 15) is 19.3 Å². The fourth-order valence-electron chi connectivity index (χ4n) is 5.64. The van der Waals surface area contributed by atoms with E-state index in [4.69, 9.17) is 0 Å². The number of carbonyl (C=O) groups excluding carboxylic acids is 1. The van der Waals surface area contributed by atoms with Crippen molar-refractivity contribution in [2.24, 2.45) is 11.8 Å². The molecule has 2 aromatic carbocycles. The van der Waals surface area contributed by atoms with Gasteiger partial charge in [-0.25, -0.2) is 4.39 Å². The number of nitrogens with one attached hydrogen (secondary N) is 1. The number of carbonyl (C=O) groups is 1. The van der Waals surface area contributed by atoms with Crippen molar-refractivity contribution < 1.29 is 14.1 Å². The number of amides is 1. The summed E-state index contributed by atoms with van der Waals surface area (Å²) in [6, 6.07) is 11.3. The van der Waals surface area contributed by atoms with Crippen LogP contribution < -0.4 is 10.2 Å². The molecule has 1 aliphatic carbocycles. The first kappa shape index (κ1) is 26.2. The van der Waals surface area contributed by atoms with Gasteiger partial charge in [0.15, 0.2) is 0 Å². The second kappa shape index (κ2) is 12.0. The first-order valence-corrected chi connectivity index (χ1v) is 14.0. The number of nitro benzene ring substituents is 1. The van der Waals surface area contributed by atoms with Crippen molar-refractivity contribution in [2.45, 2.75) is 25.7 Å². The molecule has 200 valence electrons. The highest BCUT2D eigenvalue weighted by Gasteiger charge is 2.29. The number of benzene rings is 2. The summed E-state index contributed by atoms with van der Waals surface area (Å²) in [6.07, 6.45) is 7.54. The fraction of sp³-hybridized carbons (Fsp3) is 0.429. The van der Waals surface area contributed by atoms with Crippen LogP contribution in [0.25, 0.3) is 16.2 Å². The second-order valence-electron chi connectivity index (χ2n) is 10.1. The molecule has 1 amide bonds. The number of para-hydroxylation sites is 1. The monoisotopic (exact) mass is 537 g/mol. The quantitative estimate of drug-likeness (QED) is 0.244. The van der Waals surface area contributed by atoms with Crippen molar-refractivity contribution in [1.29, 1.82) is 0 Å². The van der Waals surface area contributed by atoms with Crippen molar-refractivity contribution in [1.82, 2.24) is 14.6 Å². The van der Waals surface area contributed by atoms with E-state index in [-0.39, 0.29) is 17.4 Å². The van der Waals surface area contributed by atoms with E-state index in [0.29, 0.717) is 23.9 Å². The van der Waals surface area contributed by atoms with Gasteiger partial charge < -0.3 is 10.2 Å². The van der Waals surface area contributed by atoms with Crippen LogP contribution in [0.3, 0.4) is 0 Å². The summed E-state index contributed by atoms with van der Waals surface area (Å²) in [5.74, 6) is 1.45. The zero-order valence-electron chi connectivity index (χ0n) is 21.2. The summed E-state index contributed by atoms with van der Waals surface area (Å²) < 4.78 is 19.0. The van der Waals surface area contributed by atoms with Gasteiger partial charge in [0.05, 0.1) is 15.2 Å². The Morgan fingerprint density at radius 3 is 2.68 bits per heavy atom. The Morgan fingerprint density at radius 2 is 1.89 bits per heavy atom. The molecule has 5 rings (SSSR count). The van der Waals surface area contributed by atoms with Crippen molar-refractivity contribution in [3.63, 3.8) is 0 Å². The smallest absolute Gasteiger partial charge is 0.276 e. The predicted molar refractivity (Wildman–Crippen MR) is 149 cm³/mol. The minimum Gasteiger partial charge on any atom is -0.353 e. The second-order valence-corrected chi connectivity index (χ2v) is 10.9. The highest BCUT2D eigenvalue weighted by molar-refractivity contribution is 7.13. The molecule has 0 radical (unpaired) electrons. The molecule has 1 N–H and O–H groups in total. The van der Waals surface area contributed by atoms with E-state index in [1.807, 2.05) is 6.07 Å². The number of hydrogen-bond donors (Lipinski definition) is 1. The molecule has 2 atom stereocenters. The van der Waals surface area contributed by atoms with Crippen LogP contribution in [0.1, 0.15) is 31.2 Å². The molecule has 2 fully saturated rings. The van der Waals surface area contributed by atoms with Gasteiger partial charge in [-0.15, -0.1) is 0 Å². The topological polar surface area (TPSA) is 91.6 Å².